The molecule has 1 N–H and O–H groups in total. The second kappa shape index (κ2) is 8.28. The lowest BCUT2D eigenvalue weighted by atomic mass is 10.00. The molecule has 1 aromatic carbocycles. The summed E-state index contributed by atoms with van der Waals surface area (Å²) in [5.41, 5.74) is 1.60. The van der Waals surface area contributed by atoms with Gasteiger partial charge in [-0.05, 0) is 55.4 Å². The highest BCUT2D eigenvalue weighted by Gasteiger charge is 2.20. The van der Waals surface area contributed by atoms with E-state index in [0.717, 1.165) is 24.2 Å². The lowest BCUT2D eigenvalue weighted by Gasteiger charge is -2.19. The molecule has 3 rings (SSSR count). The fraction of sp³-hybridized carbons (Fsp3) is 0.400. The third-order valence-electron chi connectivity index (χ3n) is 4.57. The van der Waals surface area contributed by atoms with Gasteiger partial charge in [-0.25, -0.2) is 4.98 Å². The molecule has 4 nitrogen and oxygen atoms in total. The Labute approximate surface area is 163 Å². The number of halogens is 2. The molecule has 1 fully saturated rings. The molecule has 138 valence electrons. The Balaban J connectivity index is 1.84. The van der Waals surface area contributed by atoms with Crippen molar-refractivity contribution < 1.29 is 9.53 Å². The molecule has 0 unspecified atom stereocenters. The molecular formula is C20H22Cl2N2O2. The van der Waals surface area contributed by atoms with Gasteiger partial charge in [-0.15, -0.1) is 0 Å². The van der Waals surface area contributed by atoms with Crippen LogP contribution in [0.15, 0.2) is 30.5 Å². The third-order valence-corrected chi connectivity index (χ3v) is 5.36. The van der Waals surface area contributed by atoms with Crippen LogP contribution in [0.5, 0.6) is 5.75 Å². The number of nitrogens with one attached hydrogen (secondary N) is 1. The van der Waals surface area contributed by atoms with Crippen molar-refractivity contribution in [3.63, 3.8) is 0 Å². The zero-order valence-corrected chi connectivity index (χ0v) is 16.4. The molecule has 0 radical (unpaired) electrons. The fourth-order valence-corrected chi connectivity index (χ4v) is 3.43. The van der Waals surface area contributed by atoms with Crippen LogP contribution < -0.4 is 10.1 Å². The summed E-state index contributed by atoms with van der Waals surface area (Å²) in [5.74, 6) is 1.04. The maximum absolute atomic E-state index is 12.6. The number of rotatable bonds is 5. The molecule has 1 aromatic heterocycles. The minimum atomic E-state index is -0.298. The minimum absolute atomic E-state index is 0.226. The highest BCUT2D eigenvalue weighted by atomic mass is 35.5. The molecule has 1 aliphatic carbocycles. The van der Waals surface area contributed by atoms with Gasteiger partial charge in [0.2, 0.25) is 0 Å². The van der Waals surface area contributed by atoms with Gasteiger partial charge in [-0.2, -0.15) is 0 Å². The van der Waals surface area contributed by atoms with E-state index in [2.05, 4.69) is 24.1 Å². The molecule has 26 heavy (non-hydrogen) atoms. The van der Waals surface area contributed by atoms with Crippen LogP contribution in [0, 0.1) is 0 Å². The van der Waals surface area contributed by atoms with Crippen molar-refractivity contribution in [1.82, 2.24) is 4.98 Å². The number of amides is 1. The monoisotopic (exact) mass is 392 g/mol. The second-order valence-electron chi connectivity index (χ2n) is 6.84. The Bertz CT molecular complexity index is 802. The summed E-state index contributed by atoms with van der Waals surface area (Å²) < 4.78 is 6.21. The molecule has 0 bridgehead atoms. The predicted octanol–water partition coefficient (Wildman–Crippen LogP) is 6.09. The van der Waals surface area contributed by atoms with E-state index in [9.17, 15) is 4.79 Å². The summed E-state index contributed by atoms with van der Waals surface area (Å²) in [6, 6.07) is 7.13. The summed E-state index contributed by atoms with van der Waals surface area (Å²) in [7, 11) is 0. The van der Waals surface area contributed by atoms with E-state index in [-0.39, 0.29) is 22.9 Å². The van der Waals surface area contributed by atoms with Gasteiger partial charge < -0.3 is 10.1 Å². The second-order valence-corrected chi connectivity index (χ2v) is 7.63. The maximum Gasteiger partial charge on any atom is 0.256 e. The van der Waals surface area contributed by atoms with Crippen LogP contribution in [0.25, 0.3) is 0 Å². The van der Waals surface area contributed by atoms with Crippen LogP contribution in [0.2, 0.25) is 10.0 Å². The standard InChI is InChI=1S/C20H22Cl2N2O2/c1-12(2)15-8-7-13(11-17(15)26-14-5-3-4-6-14)20(25)24-19-18(22)16(21)9-10-23-19/h7-12,14H,3-6H2,1-2H3,(H,23,24,25). The molecule has 0 saturated heterocycles. The molecule has 2 aromatic rings. The number of hydrogen-bond acceptors (Lipinski definition) is 3. The van der Waals surface area contributed by atoms with E-state index >= 15 is 0 Å². The smallest absolute Gasteiger partial charge is 0.256 e. The molecule has 1 amide bonds. The van der Waals surface area contributed by atoms with Gasteiger partial charge in [0.05, 0.1) is 11.1 Å². The van der Waals surface area contributed by atoms with Gasteiger partial charge in [0.15, 0.2) is 5.82 Å². The minimum Gasteiger partial charge on any atom is -0.490 e. The third kappa shape index (κ3) is 4.30. The largest absolute Gasteiger partial charge is 0.490 e. The molecule has 6 heteroatoms. The molecule has 0 aliphatic heterocycles. The lowest BCUT2D eigenvalue weighted by molar-refractivity contribution is 0.102. The van der Waals surface area contributed by atoms with Crippen molar-refractivity contribution in [1.29, 1.82) is 0 Å². The SMILES string of the molecule is CC(C)c1ccc(C(=O)Nc2nccc(Cl)c2Cl)cc1OC1CCCC1. The van der Waals surface area contributed by atoms with E-state index in [1.54, 1.807) is 18.2 Å². The van der Waals surface area contributed by atoms with Gasteiger partial charge in [0.1, 0.15) is 10.8 Å². The number of benzene rings is 1. The normalized spacial score (nSPS) is 14.7. The zero-order chi connectivity index (χ0) is 18.7. The van der Waals surface area contributed by atoms with Crippen molar-refractivity contribution in [3.05, 3.63) is 51.6 Å². The van der Waals surface area contributed by atoms with E-state index < -0.39 is 0 Å². The first kappa shape index (κ1) is 19.0. The number of carbonyl (C=O) groups is 1. The number of pyridine rings is 1. The summed E-state index contributed by atoms with van der Waals surface area (Å²) >= 11 is 12.1. The van der Waals surface area contributed by atoms with Crippen LogP contribution in [-0.2, 0) is 0 Å². The van der Waals surface area contributed by atoms with Gasteiger partial charge >= 0.3 is 0 Å². The highest BCUT2D eigenvalue weighted by Crippen LogP contribution is 2.32. The Hall–Kier alpha value is -1.78. The number of anilines is 1. The van der Waals surface area contributed by atoms with Gasteiger partial charge in [0, 0.05) is 11.8 Å². The molecule has 1 aliphatic rings. The number of nitrogens with zero attached hydrogens (tertiary/aromatic N) is 1. The summed E-state index contributed by atoms with van der Waals surface area (Å²) in [6.45, 7) is 4.23. The Kier molecular flexibility index (Phi) is 6.05. The number of ether oxygens (including phenoxy) is 1. The van der Waals surface area contributed by atoms with E-state index in [4.69, 9.17) is 27.9 Å². The first-order valence-electron chi connectivity index (χ1n) is 8.87. The van der Waals surface area contributed by atoms with Crippen molar-refractivity contribution in [2.24, 2.45) is 0 Å². The molecule has 1 saturated carbocycles. The first-order chi connectivity index (χ1) is 12.5. The quantitative estimate of drug-likeness (QED) is 0.669. The molecule has 0 atom stereocenters. The number of hydrogen-bond donors (Lipinski definition) is 1. The van der Waals surface area contributed by atoms with Crippen LogP contribution >= 0.6 is 23.2 Å². The van der Waals surface area contributed by atoms with Crippen molar-refractivity contribution in [2.45, 2.75) is 51.6 Å². The van der Waals surface area contributed by atoms with Crippen molar-refractivity contribution in [2.75, 3.05) is 5.32 Å². The fourth-order valence-electron chi connectivity index (χ4n) is 3.13. The summed E-state index contributed by atoms with van der Waals surface area (Å²) in [6.07, 6.45) is 6.25. The van der Waals surface area contributed by atoms with E-state index in [1.807, 2.05) is 6.07 Å². The van der Waals surface area contributed by atoms with Gasteiger partial charge in [-0.3, -0.25) is 4.79 Å². The number of aromatic nitrogens is 1. The Morgan fingerprint density at radius 1 is 1.23 bits per heavy atom. The van der Waals surface area contributed by atoms with Gasteiger partial charge in [-0.1, -0.05) is 43.1 Å². The zero-order valence-electron chi connectivity index (χ0n) is 14.9. The van der Waals surface area contributed by atoms with Gasteiger partial charge in [0.25, 0.3) is 5.91 Å². The Morgan fingerprint density at radius 2 is 1.96 bits per heavy atom. The highest BCUT2D eigenvalue weighted by molar-refractivity contribution is 6.43. The van der Waals surface area contributed by atoms with Crippen LogP contribution in [-0.4, -0.2) is 17.0 Å². The average molecular weight is 393 g/mol. The number of carbonyl (C=O) groups excluding carboxylic acids is 1. The maximum atomic E-state index is 12.6. The van der Waals surface area contributed by atoms with E-state index in [0.29, 0.717) is 16.5 Å². The molecular weight excluding hydrogens is 371 g/mol. The van der Waals surface area contributed by atoms with Crippen LogP contribution in [0.3, 0.4) is 0 Å². The Morgan fingerprint density at radius 3 is 2.65 bits per heavy atom. The summed E-state index contributed by atoms with van der Waals surface area (Å²) in [5, 5.41) is 3.29. The predicted molar refractivity (Wildman–Crippen MR) is 106 cm³/mol. The average Bonchev–Trinajstić information content (AvgIpc) is 3.11. The summed E-state index contributed by atoms with van der Waals surface area (Å²) in [4.78, 5) is 16.7. The van der Waals surface area contributed by atoms with Crippen LogP contribution in [0.1, 0.15) is 61.4 Å². The molecule has 1 heterocycles. The van der Waals surface area contributed by atoms with Crippen molar-refractivity contribution >= 4 is 34.9 Å². The van der Waals surface area contributed by atoms with E-state index in [1.165, 1.54) is 19.0 Å². The first-order valence-corrected chi connectivity index (χ1v) is 9.63. The van der Waals surface area contributed by atoms with Crippen molar-refractivity contribution in [3.8, 4) is 5.75 Å². The lowest BCUT2D eigenvalue weighted by Crippen LogP contribution is -2.16. The topological polar surface area (TPSA) is 51.2 Å². The van der Waals surface area contributed by atoms with Crippen LogP contribution in [0.4, 0.5) is 5.82 Å². The molecule has 0 spiro atoms.